The quantitative estimate of drug-likeness (QED) is 0.143. The Morgan fingerprint density at radius 3 is 1.21 bits per heavy atom. The van der Waals surface area contributed by atoms with E-state index in [9.17, 15) is 37.7 Å². The number of nitrogens with zero attached hydrogens (tertiary/aromatic N) is 2. The first-order valence-corrected chi connectivity index (χ1v) is 12.1. The lowest BCUT2D eigenvalue weighted by Gasteiger charge is -2.08. The highest BCUT2D eigenvalue weighted by Crippen LogP contribution is 2.24. The van der Waals surface area contributed by atoms with Crippen LogP contribution in [0.3, 0.4) is 0 Å². The van der Waals surface area contributed by atoms with Gasteiger partial charge in [-0.1, -0.05) is 36.4 Å². The Bertz CT molecular complexity index is 1680. The molecule has 0 fully saturated rings. The number of nitrogens with one attached hydrogen (secondary N) is 2. The van der Waals surface area contributed by atoms with Crippen LogP contribution in [0.5, 0.6) is 0 Å². The van der Waals surface area contributed by atoms with E-state index in [2.05, 4.69) is 10.6 Å². The molecule has 4 aromatic carbocycles. The number of rotatable bonds is 7. The van der Waals surface area contributed by atoms with Gasteiger partial charge in [-0.3, -0.25) is 9.59 Å². The van der Waals surface area contributed by atoms with Crippen molar-refractivity contribution in [1.29, 1.82) is 10.5 Å². The summed E-state index contributed by atoms with van der Waals surface area (Å²) in [5.74, 6) is -5.75. The Morgan fingerprint density at radius 2 is 0.905 bits per heavy atom. The van der Waals surface area contributed by atoms with Crippen LogP contribution in [0.15, 0.2) is 96.1 Å². The minimum atomic E-state index is -1.10. The third-order valence-corrected chi connectivity index (χ3v) is 5.86. The van der Waals surface area contributed by atoms with Crippen molar-refractivity contribution in [3.05, 3.63) is 130 Å². The van der Waals surface area contributed by atoms with E-state index < -0.39 is 35.1 Å². The molecule has 6 nitrogen and oxygen atoms in total. The van der Waals surface area contributed by atoms with E-state index in [4.69, 9.17) is 0 Å². The summed E-state index contributed by atoms with van der Waals surface area (Å²) in [6.45, 7) is 0. The lowest BCUT2D eigenvalue weighted by atomic mass is 10.0. The van der Waals surface area contributed by atoms with Crippen molar-refractivity contribution in [2.45, 2.75) is 0 Å². The minimum Gasteiger partial charge on any atom is -0.321 e. The first-order valence-electron chi connectivity index (χ1n) is 12.1. The second-order valence-electron chi connectivity index (χ2n) is 8.75. The molecule has 4 aromatic rings. The van der Waals surface area contributed by atoms with Gasteiger partial charge >= 0.3 is 0 Å². The predicted molar refractivity (Wildman–Crippen MR) is 149 cm³/mol. The summed E-state index contributed by atoms with van der Waals surface area (Å²) in [5, 5.41) is 23.8. The summed E-state index contributed by atoms with van der Waals surface area (Å²) < 4.78 is 53.1. The molecule has 0 aliphatic carbocycles. The number of halogens is 4. The number of benzene rings is 4. The normalized spacial score (nSPS) is 11.3. The molecule has 0 saturated heterocycles. The summed E-state index contributed by atoms with van der Waals surface area (Å²) in [6, 6.07) is 22.8. The molecule has 10 heteroatoms. The van der Waals surface area contributed by atoms with Crippen LogP contribution in [0.25, 0.3) is 23.3 Å². The second kappa shape index (κ2) is 12.9. The maximum atomic E-state index is 13.4. The molecule has 2 N–H and O–H groups in total. The maximum Gasteiger partial charge on any atom is 0.266 e. The molecule has 0 saturated carbocycles. The number of carbonyl (C=O) groups is 2. The molecule has 0 aliphatic heterocycles. The van der Waals surface area contributed by atoms with E-state index in [0.29, 0.717) is 11.4 Å². The fourth-order valence-electron chi connectivity index (χ4n) is 3.72. The summed E-state index contributed by atoms with van der Waals surface area (Å²) in [6.07, 6.45) is 2.29. The van der Waals surface area contributed by atoms with Crippen LogP contribution in [-0.4, -0.2) is 11.8 Å². The molecule has 206 valence electrons. The van der Waals surface area contributed by atoms with Crippen molar-refractivity contribution >= 4 is 35.3 Å². The first-order chi connectivity index (χ1) is 20.2. The monoisotopic (exact) mass is 566 g/mol. The number of nitriles is 2. The van der Waals surface area contributed by atoms with E-state index in [1.54, 1.807) is 60.7 Å². The Hall–Kier alpha value is -6.00. The molecule has 0 heterocycles. The van der Waals surface area contributed by atoms with Gasteiger partial charge in [-0.2, -0.15) is 10.5 Å². The Kier molecular flexibility index (Phi) is 8.91. The van der Waals surface area contributed by atoms with E-state index in [0.717, 1.165) is 47.5 Å². The molecule has 0 radical (unpaired) electrons. The fourth-order valence-corrected chi connectivity index (χ4v) is 3.72. The number of amides is 2. The van der Waals surface area contributed by atoms with Crippen molar-refractivity contribution in [1.82, 2.24) is 0 Å². The molecule has 4 rings (SSSR count). The second-order valence-corrected chi connectivity index (χ2v) is 8.75. The van der Waals surface area contributed by atoms with Crippen molar-refractivity contribution in [3.63, 3.8) is 0 Å². The zero-order chi connectivity index (χ0) is 30.2. The standard InChI is InChI=1S/C32H18F4N4O2/c33-27-11-1-19(15-29(27)35)13-23(17-37)31(41)39-25-7-3-21(4-8-25)22-5-9-26(10-6-22)40-32(42)24(18-38)14-20-2-12-28(34)30(36)16-20/h1-16H,(H,39,41)(H,40,42)/b23-13-,24-14+. The minimum absolute atomic E-state index is 0.152. The van der Waals surface area contributed by atoms with Gasteiger partial charge in [-0.25, -0.2) is 17.6 Å². The number of hydrogen-bond donors (Lipinski definition) is 2. The molecule has 0 spiro atoms. The van der Waals surface area contributed by atoms with Crippen LogP contribution >= 0.6 is 0 Å². The summed E-state index contributed by atoms with van der Waals surface area (Å²) in [7, 11) is 0. The van der Waals surface area contributed by atoms with Gasteiger partial charge in [-0.05, 0) is 82.9 Å². The summed E-state index contributed by atoms with van der Waals surface area (Å²) in [5.41, 5.74) is 1.99. The van der Waals surface area contributed by atoms with Crippen molar-refractivity contribution in [3.8, 4) is 23.3 Å². The van der Waals surface area contributed by atoms with Gasteiger partial charge in [0.1, 0.15) is 23.3 Å². The van der Waals surface area contributed by atoms with Gasteiger partial charge in [0, 0.05) is 11.4 Å². The Morgan fingerprint density at radius 1 is 0.548 bits per heavy atom. The topological polar surface area (TPSA) is 106 Å². The third kappa shape index (κ3) is 7.14. The molecule has 2 amide bonds. The molecular formula is C32H18F4N4O2. The largest absolute Gasteiger partial charge is 0.321 e. The average molecular weight is 567 g/mol. The van der Waals surface area contributed by atoms with E-state index in [1.807, 2.05) is 0 Å². The number of carbonyl (C=O) groups excluding carboxylic acids is 2. The van der Waals surface area contributed by atoms with Crippen molar-refractivity contribution in [2.24, 2.45) is 0 Å². The first kappa shape index (κ1) is 29.0. The summed E-state index contributed by atoms with van der Waals surface area (Å²) in [4.78, 5) is 25.0. The number of anilines is 2. The van der Waals surface area contributed by atoms with Crippen LogP contribution in [0.1, 0.15) is 11.1 Å². The molecule has 0 unspecified atom stereocenters. The molecule has 42 heavy (non-hydrogen) atoms. The Balaban J connectivity index is 1.40. The third-order valence-electron chi connectivity index (χ3n) is 5.86. The van der Waals surface area contributed by atoms with Gasteiger partial charge in [-0.15, -0.1) is 0 Å². The molecule has 0 atom stereocenters. The number of hydrogen-bond acceptors (Lipinski definition) is 4. The van der Waals surface area contributed by atoms with Gasteiger partial charge in [0.25, 0.3) is 11.8 Å². The van der Waals surface area contributed by atoms with Gasteiger partial charge in [0.2, 0.25) is 0 Å². The molecule has 0 aromatic heterocycles. The zero-order valence-corrected chi connectivity index (χ0v) is 21.5. The van der Waals surface area contributed by atoms with Crippen LogP contribution < -0.4 is 10.6 Å². The van der Waals surface area contributed by atoms with Crippen LogP contribution in [0.2, 0.25) is 0 Å². The van der Waals surface area contributed by atoms with Gasteiger partial charge in [0.15, 0.2) is 23.3 Å². The highest BCUT2D eigenvalue weighted by molar-refractivity contribution is 6.10. The van der Waals surface area contributed by atoms with Crippen LogP contribution in [0, 0.1) is 45.9 Å². The fraction of sp³-hybridized carbons (Fsp3) is 0. The summed E-state index contributed by atoms with van der Waals surface area (Å²) >= 11 is 0. The average Bonchev–Trinajstić information content (AvgIpc) is 2.99. The maximum absolute atomic E-state index is 13.4. The van der Waals surface area contributed by atoms with Gasteiger partial charge < -0.3 is 10.6 Å². The van der Waals surface area contributed by atoms with Gasteiger partial charge in [0.05, 0.1) is 0 Å². The van der Waals surface area contributed by atoms with Crippen molar-refractivity contribution in [2.75, 3.05) is 10.6 Å². The Labute approximate surface area is 237 Å². The molecular weight excluding hydrogens is 548 g/mol. The van der Waals surface area contributed by atoms with E-state index in [-0.39, 0.29) is 22.3 Å². The highest BCUT2D eigenvalue weighted by Gasteiger charge is 2.13. The molecule has 0 bridgehead atoms. The lowest BCUT2D eigenvalue weighted by Crippen LogP contribution is -2.13. The van der Waals surface area contributed by atoms with Crippen LogP contribution in [0.4, 0.5) is 28.9 Å². The van der Waals surface area contributed by atoms with Crippen LogP contribution in [-0.2, 0) is 9.59 Å². The zero-order valence-electron chi connectivity index (χ0n) is 21.5. The predicted octanol–water partition coefficient (Wildman–Crippen LogP) is 7.00. The molecule has 0 aliphatic rings. The van der Waals surface area contributed by atoms with E-state index >= 15 is 0 Å². The SMILES string of the molecule is N#C/C(=C/c1ccc(F)c(F)c1)C(=O)Nc1ccc(-c2ccc(NC(=O)/C(C#N)=C/c3ccc(F)c(F)c3)cc2)cc1. The smallest absolute Gasteiger partial charge is 0.266 e. The lowest BCUT2D eigenvalue weighted by molar-refractivity contribution is -0.113. The van der Waals surface area contributed by atoms with E-state index in [1.165, 1.54) is 12.1 Å². The van der Waals surface area contributed by atoms with Crippen molar-refractivity contribution < 1.29 is 27.2 Å². The highest BCUT2D eigenvalue weighted by atomic mass is 19.2.